The lowest BCUT2D eigenvalue weighted by Gasteiger charge is -2.22. The largest absolute Gasteiger partial charge is 0.143 e. The Morgan fingerprint density at radius 1 is 0.123 bits per heavy atom. The minimum Gasteiger partial charge on any atom is -0.143 e. The van der Waals surface area contributed by atoms with E-state index in [4.69, 9.17) is 0 Å². The third-order valence-corrected chi connectivity index (χ3v) is 40.4. The summed E-state index contributed by atoms with van der Waals surface area (Å²) in [6.07, 6.45) is 0. The van der Waals surface area contributed by atoms with Crippen molar-refractivity contribution in [3.8, 4) is 29.3 Å². The van der Waals surface area contributed by atoms with E-state index in [1.165, 1.54) is 251 Å². The maximum atomic E-state index is 2.54. The molecule has 3 unspecified atom stereocenters. The first-order valence-corrected chi connectivity index (χ1v) is 52.2. The minimum absolute atomic E-state index is 0.0191. The Morgan fingerprint density at radius 2 is 0.221 bits per heavy atom. The number of aryl methyl sites for hydroxylation is 18. The predicted molar refractivity (Wildman–Crippen MR) is 540 cm³/mol. The highest BCUT2D eigenvalue weighted by Gasteiger charge is 2.38. The van der Waals surface area contributed by atoms with E-state index in [0.717, 1.165) is 0 Å². The van der Waals surface area contributed by atoms with E-state index < -0.39 is 0 Å². The van der Waals surface area contributed by atoms with Gasteiger partial charge in [-0.25, -0.2) is 0 Å². The highest BCUT2D eigenvalue weighted by atomic mass is 32.1. The van der Waals surface area contributed by atoms with Gasteiger partial charge in [-0.05, 0) is 370 Å². The first-order valence-electron chi connectivity index (χ1n) is 42.4. The van der Waals surface area contributed by atoms with Gasteiger partial charge in [-0.2, -0.15) is 0 Å². The maximum Gasteiger partial charge on any atom is 0.0621 e. The van der Waals surface area contributed by atoms with Gasteiger partial charge < -0.3 is 0 Å². The summed E-state index contributed by atoms with van der Waals surface area (Å²) in [7, 11) is 0. The predicted octanol–water partition coefficient (Wildman–Crippen LogP) is 35.0. The average molecular weight is 1800 g/mol. The second kappa shape index (κ2) is 32.6. The molecule has 0 radical (unpaired) electrons. The number of hydrogen-bond donors (Lipinski definition) is 0. The Labute approximate surface area is 769 Å². The van der Waals surface area contributed by atoms with Gasteiger partial charge in [-0.1, -0.05) is 106 Å². The smallest absolute Gasteiger partial charge is 0.0621 e. The summed E-state index contributed by atoms with van der Waals surface area (Å²) in [4.78, 5) is 32.7. The van der Waals surface area contributed by atoms with Gasteiger partial charge in [0.1, 0.15) is 0 Å². The van der Waals surface area contributed by atoms with E-state index in [2.05, 4.69) is 343 Å². The number of thiophene rings is 12. The van der Waals surface area contributed by atoms with Crippen molar-refractivity contribution in [2.24, 2.45) is 0 Å². The van der Waals surface area contributed by atoms with Gasteiger partial charge in [-0.15, -0.1) is 136 Å². The molecular weight excluding hydrogens is 1710 g/mol. The molecular formula is C110H98S12. The van der Waals surface area contributed by atoms with Crippen LogP contribution < -0.4 is 0 Å². The van der Waals surface area contributed by atoms with Crippen molar-refractivity contribution in [3.63, 3.8) is 0 Å². The normalized spacial score (nSPS) is 17.8. The van der Waals surface area contributed by atoms with Crippen LogP contribution in [0.5, 0.6) is 0 Å². The van der Waals surface area contributed by atoms with Gasteiger partial charge in [0.2, 0.25) is 0 Å². The van der Waals surface area contributed by atoms with Gasteiger partial charge >= 0.3 is 0 Å². The van der Waals surface area contributed by atoms with Gasteiger partial charge in [0.15, 0.2) is 0 Å². The first-order chi connectivity index (χ1) is 58.8. The fourth-order valence-electron chi connectivity index (χ4n) is 21.2. The molecule has 0 nitrogen and oxygen atoms in total. The Kier molecular flexibility index (Phi) is 21.9. The van der Waals surface area contributed by atoms with Crippen LogP contribution in [-0.4, -0.2) is 0 Å². The molecule has 0 amide bonds. The van der Waals surface area contributed by atoms with Crippen molar-refractivity contribution in [1.29, 1.82) is 0 Å². The van der Waals surface area contributed by atoms with Crippen LogP contribution >= 0.6 is 136 Å². The van der Waals surface area contributed by atoms with Gasteiger partial charge in [-0.3, -0.25) is 0 Å². The molecule has 3 aliphatic rings. The number of benzene rings is 6. The van der Waals surface area contributed by atoms with Crippen molar-refractivity contribution < 1.29 is 0 Å². The molecule has 3 aliphatic heterocycles. The van der Waals surface area contributed by atoms with E-state index >= 15 is 0 Å². The highest BCUT2D eigenvalue weighted by molar-refractivity contribution is 7.24. The summed E-state index contributed by atoms with van der Waals surface area (Å²) < 4.78 is 0. The zero-order valence-electron chi connectivity index (χ0n) is 72.3. The summed E-state index contributed by atoms with van der Waals surface area (Å²) in [5.74, 6) is 0.0412. The molecule has 0 aliphatic carbocycles. The molecule has 610 valence electrons. The molecule has 18 aromatic rings. The van der Waals surface area contributed by atoms with E-state index in [-0.39, 0.29) is 47.3 Å². The van der Waals surface area contributed by atoms with Crippen LogP contribution in [-0.2, 0) is 0 Å². The Morgan fingerprint density at radius 3 is 0.344 bits per heavy atom. The molecule has 0 saturated heterocycles. The van der Waals surface area contributed by atoms with Crippen molar-refractivity contribution in [2.75, 3.05) is 0 Å². The Hall–Kier alpha value is -8.28. The van der Waals surface area contributed by atoms with Crippen molar-refractivity contribution in [2.45, 2.75) is 172 Å². The van der Waals surface area contributed by atoms with Gasteiger partial charge in [0, 0.05) is 117 Å². The molecule has 122 heavy (non-hydrogen) atoms. The lowest BCUT2D eigenvalue weighted by atomic mass is 9.87. The molecule has 6 atom stereocenters. The van der Waals surface area contributed by atoms with E-state index in [9.17, 15) is 0 Å². The summed E-state index contributed by atoms with van der Waals surface area (Å²) in [6, 6.07) is 89.2. The molecule has 26 bridgehead atoms. The lowest BCUT2D eigenvalue weighted by Crippen LogP contribution is -2.05. The number of hydrogen-bond acceptors (Lipinski definition) is 12. The van der Waals surface area contributed by atoms with Crippen molar-refractivity contribution in [1.82, 2.24) is 0 Å². The molecule has 12 heteroatoms. The van der Waals surface area contributed by atoms with Crippen LogP contribution in [0.1, 0.15) is 269 Å². The van der Waals surface area contributed by atoms with E-state index in [0.29, 0.717) is 0 Å². The summed E-state index contributed by atoms with van der Waals surface area (Å²) in [6.45, 7) is 42.0. The molecule has 0 fully saturated rings. The summed E-state index contributed by atoms with van der Waals surface area (Å²) >= 11 is 24.3. The molecule has 15 heterocycles. The molecule has 0 N–H and O–H groups in total. The average Bonchev–Trinajstić information content (AvgIpc) is 1.60. The second-order valence-corrected chi connectivity index (χ2v) is 48.6. The van der Waals surface area contributed by atoms with Crippen LogP contribution in [0.2, 0.25) is 0 Å². The van der Waals surface area contributed by atoms with Crippen molar-refractivity contribution in [3.05, 3.63) is 440 Å². The van der Waals surface area contributed by atoms with Crippen LogP contribution in [0, 0.1) is 125 Å². The lowest BCUT2D eigenvalue weighted by molar-refractivity contribution is 0.992. The van der Waals surface area contributed by atoms with Crippen LogP contribution in [0.15, 0.2) is 218 Å². The van der Waals surface area contributed by atoms with Crippen LogP contribution in [0.25, 0.3) is 29.3 Å². The molecule has 0 saturated carbocycles. The monoisotopic (exact) mass is 1800 g/mol. The zero-order chi connectivity index (χ0) is 84.3. The van der Waals surface area contributed by atoms with E-state index in [1.807, 2.05) is 136 Å². The van der Waals surface area contributed by atoms with Crippen LogP contribution in [0.3, 0.4) is 0 Å². The molecule has 21 rings (SSSR count). The second-order valence-electron chi connectivity index (χ2n) is 35.0. The fraction of sp³-hybridized carbons (Fsp3) is 0.236. The Balaban J connectivity index is 0.878. The number of rotatable bonds is 6. The van der Waals surface area contributed by atoms with Gasteiger partial charge in [0.05, 0.1) is 47.3 Å². The summed E-state index contributed by atoms with van der Waals surface area (Å²) in [5.41, 5.74) is 32.4. The van der Waals surface area contributed by atoms with E-state index in [1.54, 1.807) is 0 Å². The Bertz CT molecular complexity index is 5870. The standard InChI is InChI=1S/C110H98S12/c1-55-43-61(7)97(62(8)44-55)105-85-25-19-73(111-85)74-20-26-86(112-74)106(98-63(9)45-56(2)46-64(98)10)94-40-34-82(120-94)104-83-35-41-95(121-83)109(101-69(15)51-59(5)52-70(101)16)89-29-23-77(115-89)75-21-27-87(113-75)107(99-65(11)47-57(3)48-66(99)12)92-38-32-80(118-92)103(79-31-37-91(105)117-79)81-33-39-93(119-81)108(100-67(13)49-58(4)50-68(100)14)88-28-22-76(114-88)78-24-30-90(116-78)110(96-42-36-84(104)122-96)102-71(17)53-60(6)54-72(102)18/h19-54,103-110H,1-18H3/t103?,104?,105-,106?,107-,108-,109?,110?/m1/s1. The molecule has 12 aromatic heterocycles. The highest BCUT2D eigenvalue weighted by Crippen LogP contribution is 2.58. The molecule has 0 spiro atoms. The van der Waals surface area contributed by atoms with Crippen LogP contribution in [0.4, 0.5) is 0 Å². The maximum absolute atomic E-state index is 2.54. The minimum atomic E-state index is -0.0368. The quantitative estimate of drug-likeness (QED) is 0.156. The topological polar surface area (TPSA) is 0 Å². The third-order valence-electron chi connectivity index (χ3n) is 25.7. The molecule has 6 aromatic carbocycles. The van der Waals surface area contributed by atoms with Gasteiger partial charge in [0.25, 0.3) is 0 Å². The summed E-state index contributed by atoms with van der Waals surface area (Å²) in [5, 5.41) is 0. The fourth-order valence-corrected chi connectivity index (χ4v) is 36.8. The zero-order valence-corrected chi connectivity index (χ0v) is 82.1. The SMILES string of the molecule is Cc1cc(C)c(C2c3ccc(s3)-c3ccc(s3)[C@@H](c3c(C)cc(C)cc3C)c3ccc(s3)C3c4ccc(s4)[C@H](c4c(C)cc(C)cc4C)c4ccc(s4)-c4ccc(s4)C(c4c(C)cc(C)cc4C)c4ccc(s4)C(c4ccc2s4)c2ccc(s2)C(c2c(C)cc(C)cc2C)c2ccc(s2)-c2ccc(s2)[C@@H](c2c(C)cc(C)cc2C)c2ccc3s2)c(C)c1. The van der Waals surface area contributed by atoms with Crippen molar-refractivity contribution >= 4 is 136 Å². The third kappa shape index (κ3) is 14.8. The first kappa shape index (κ1) is 82.0.